The number of anilines is 1. The maximum Gasteiger partial charge on any atom is 0.222 e. The minimum absolute atomic E-state index is 0.112. The first kappa shape index (κ1) is 13.6. The number of carbonyl (C=O) groups is 1. The molecule has 1 fully saturated rings. The summed E-state index contributed by atoms with van der Waals surface area (Å²) in [5.41, 5.74) is 0. The Morgan fingerprint density at radius 3 is 2.78 bits per heavy atom. The number of hydrogen-bond acceptors (Lipinski definition) is 3. The molecular weight excluding hydrogens is 318 g/mol. The van der Waals surface area contributed by atoms with Crippen LogP contribution in [0, 0.1) is 5.92 Å². The number of rotatable bonds is 2. The van der Waals surface area contributed by atoms with Crippen molar-refractivity contribution in [1.82, 2.24) is 10.3 Å². The van der Waals surface area contributed by atoms with Gasteiger partial charge in [0.05, 0.1) is 5.02 Å². The highest BCUT2D eigenvalue weighted by Crippen LogP contribution is 2.29. The number of piperidine rings is 1. The van der Waals surface area contributed by atoms with Gasteiger partial charge in [-0.25, -0.2) is 4.98 Å². The molecule has 18 heavy (non-hydrogen) atoms. The number of hydrogen-bond donors (Lipinski definition) is 1. The van der Waals surface area contributed by atoms with Gasteiger partial charge in [0.25, 0.3) is 0 Å². The van der Waals surface area contributed by atoms with Crippen LogP contribution in [0.4, 0.5) is 5.82 Å². The first-order valence-corrected chi connectivity index (χ1v) is 7.06. The van der Waals surface area contributed by atoms with Crippen molar-refractivity contribution in [1.29, 1.82) is 0 Å². The second kappa shape index (κ2) is 5.89. The molecule has 0 radical (unpaired) electrons. The molecule has 0 spiro atoms. The van der Waals surface area contributed by atoms with Crippen LogP contribution in [0.15, 0.2) is 16.7 Å². The van der Waals surface area contributed by atoms with Gasteiger partial charge in [-0.2, -0.15) is 0 Å². The first-order valence-electron chi connectivity index (χ1n) is 5.89. The Hall–Kier alpha value is -0.810. The van der Waals surface area contributed by atoms with Gasteiger partial charge in [-0.05, 0) is 34.8 Å². The summed E-state index contributed by atoms with van der Waals surface area (Å²) in [5.74, 6) is 1.04. The average molecular weight is 333 g/mol. The van der Waals surface area contributed by atoms with E-state index in [1.54, 1.807) is 13.2 Å². The van der Waals surface area contributed by atoms with E-state index in [0.29, 0.717) is 5.02 Å². The number of aromatic nitrogens is 1. The van der Waals surface area contributed by atoms with Crippen LogP contribution in [-0.4, -0.2) is 31.0 Å². The van der Waals surface area contributed by atoms with Crippen LogP contribution in [-0.2, 0) is 4.79 Å². The molecule has 0 aliphatic carbocycles. The van der Waals surface area contributed by atoms with Crippen molar-refractivity contribution in [3.63, 3.8) is 0 Å². The molecule has 1 aliphatic heterocycles. The Kier molecular flexibility index (Phi) is 4.45. The highest BCUT2D eigenvalue weighted by atomic mass is 79.9. The minimum atomic E-state index is 0.112. The monoisotopic (exact) mass is 331 g/mol. The van der Waals surface area contributed by atoms with Crippen molar-refractivity contribution in [3.8, 4) is 0 Å². The number of nitrogens with one attached hydrogen (secondary N) is 1. The van der Waals surface area contributed by atoms with Crippen molar-refractivity contribution in [2.45, 2.75) is 12.8 Å². The third kappa shape index (κ3) is 2.95. The smallest absolute Gasteiger partial charge is 0.222 e. The summed E-state index contributed by atoms with van der Waals surface area (Å²) in [6.45, 7) is 1.62. The highest BCUT2D eigenvalue weighted by molar-refractivity contribution is 9.10. The summed E-state index contributed by atoms with van der Waals surface area (Å²) in [4.78, 5) is 18.0. The van der Waals surface area contributed by atoms with E-state index < -0.39 is 0 Å². The summed E-state index contributed by atoms with van der Waals surface area (Å²) in [5, 5.41) is 3.34. The SMILES string of the molecule is CNC(=O)C1CCN(c2ncc(Br)cc2Cl)CC1. The van der Waals surface area contributed by atoms with E-state index in [1.165, 1.54) is 0 Å². The largest absolute Gasteiger partial charge is 0.359 e. The number of carbonyl (C=O) groups excluding carboxylic acids is 1. The molecule has 0 saturated carbocycles. The summed E-state index contributed by atoms with van der Waals surface area (Å²) in [6.07, 6.45) is 3.42. The summed E-state index contributed by atoms with van der Waals surface area (Å²) >= 11 is 9.52. The molecular formula is C12H15BrClN3O. The Balaban J connectivity index is 2.03. The Morgan fingerprint density at radius 2 is 2.22 bits per heavy atom. The quantitative estimate of drug-likeness (QED) is 0.905. The van der Waals surface area contributed by atoms with Crippen molar-refractivity contribution < 1.29 is 4.79 Å². The van der Waals surface area contributed by atoms with Crippen LogP contribution in [0.2, 0.25) is 5.02 Å². The molecule has 0 unspecified atom stereocenters. The standard InChI is InChI=1S/C12H15BrClN3O/c1-15-12(18)8-2-4-17(5-3-8)11-10(14)6-9(13)7-16-11/h6-8H,2-5H2,1H3,(H,15,18). The third-order valence-corrected chi connectivity index (χ3v) is 3.91. The van der Waals surface area contributed by atoms with E-state index in [1.807, 2.05) is 6.07 Å². The molecule has 0 atom stereocenters. The topological polar surface area (TPSA) is 45.2 Å². The number of pyridine rings is 1. The Labute approximate surface area is 120 Å². The van der Waals surface area contributed by atoms with Gasteiger partial charge in [0, 0.05) is 36.7 Å². The number of nitrogens with zero attached hydrogens (tertiary/aromatic N) is 2. The van der Waals surface area contributed by atoms with Gasteiger partial charge in [-0.15, -0.1) is 0 Å². The normalized spacial score (nSPS) is 16.7. The maximum atomic E-state index is 11.5. The fraction of sp³-hybridized carbons (Fsp3) is 0.500. The van der Waals surface area contributed by atoms with Crippen LogP contribution in [0.1, 0.15) is 12.8 Å². The number of amides is 1. The molecule has 1 N–H and O–H groups in total. The predicted molar refractivity (Wildman–Crippen MR) is 76.0 cm³/mol. The highest BCUT2D eigenvalue weighted by Gasteiger charge is 2.25. The van der Waals surface area contributed by atoms with E-state index in [2.05, 4.69) is 31.1 Å². The van der Waals surface area contributed by atoms with Crippen molar-refractivity contribution in [2.75, 3.05) is 25.0 Å². The van der Waals surface area contributed by atoms with Crippen LogP contribution >= 0.6 is 27.5 Å². The van der Waals surface area contributed by atoms with Gasteiger partial charge in [0.15, 0.2) is 0 Å². The van der Waals surface area contributed by atoms with Crippen molar-refractivity contribution >= 4 is 39.3 Å². The van der Waals surface area contributed by atoms with E-state index in [4.69, 9.17) is 11.6 Å². The van der Waals surface area contributed by atoms with E-state index >= 15 is 0 Å². The van der Waals surface area contributed by atoms with Crippen LogP contribution in [0.25, 0.3) is 0 Å². The second-order valence-corrected chi connectivity index (χ2v) is 5.66. The zero-order chi connectivity index (χ0) is 13.1. The van der Waals surface area contributed by atoms with E-state index in [0.717, 1.165) is 36.2 Å². The minimum Gasteiger partial charge on any atom is -0.359 e. The van der Waals surface area contributed by atoms with Gasteiger partial charge in [-0.1, -0.05) is 11.6 Å². The lowest BCUT2D eigenvalue weighted by Gasteiger charge is -2.32. The molecule has 1 aromatic heterocycles. The molecule has 0 aromatic carbocycles. The molecule has 0 bridgehead atoms. The van der Waals surface area contributed by atoms with E-state index in [9.17, 15) is 4.79 Å². The lowest BCUT2D eigenvalue weighted by atomic mass is 9.96. The van der Waals surface area contributed by atoms with Gasteiger partial charge < -0.3 is 10.2 Å². The molecule has 4 nitrogen and oxygen atoms in total. The molecule has 1 amide bonds. The first-order chi connectivity index (χ1) is 8.61. The van der Waals surface area contributed by atoms with Gasteiger partial charge in [-0.3, -0.25) is 4.79 Å². The second-order valence-electron chi connectivity index (χ2n) is 4.33. The molecule has 1 saturated heterocycles. The molecule has 2 rings (SSSR count). The van der Waals surface area contributed by atoms with Gasteiger partial charge >= 0.3 is 0 Å². The van der Waals surface area contributed by atoms with Gasteiger partial charge in [0.2, 0.25) is 5.91 Å². The maximum absolute atomic E-state index is 11.5. The molecule has 6 heteroatoms. The van der Waals surface area contributed by atoms with Gasteiger partial charge in [0.1, 0.15) is 5.82 Å². The van der Waals surface area contributed by atoms with E-state index in [-0.39, 0.29) is 11.8 Å². The predicted octanol–water partition coefficient (Wildman–Crippen LogP) is 2.46. The summed E-state index contributed by atoms with van der Waals surface area (Å²) in [7, 11) is 1.68. The molecule has 2 heterocycles. The number of halogens is 2. The van der Waals surface area contributed by atoms with Crippen molar-refractivity contribution in [2.24, 2.45) is 5.92 Å². The lowest BCUT2D eigenvalue weighted by Crippen LogP contribution is -2.40. The third-order valence-electron chi connectivity index (χ3n) is 3.20. The lowest BCUT2D eigenvalue weighted by molar-refractivity contribution is -0.125. The Morgan fingerprint density at radius 1 is 1.56 bits per heavy atom. The fourth-order valence-electron chi connectivity index (χ4n) is 2.20. The summed E-state index contributed by atoms with van der Waals surface area (Å²) in [6, 6.07) is 1.84. The molecule has 1 aliphatic rings. The molecule has 98 valence electrons. The average Bonchev–Trinajstić information content (AvgIpc) is 2.38. The van der Waals surface area contributed by atoms with Crippen LogP contribution in [0.3, 0.4) is 0 Å². The summed E-state index contributed by atoms with van der Waals surface area (Å²) < 4.78 is 0.872. The zero-order valence-electron chi connectivity index (χ0n) is 10.1. The fourth-order valence-corrected chi connectivity index (χ4v) is 2.95. The zero-order valence-corrected chi connectivity index (χ0v) is 12.5. The van der Waals surface area contributed by atoms with Crippen molar-refractivity contribution in [3.05, 3.63) is 21.8 Å². The van der Waals surface area contributed by atoms with Crippen LogP contribution < -0.4 is 10.2 Å². The van der Waals surface area contributed by atoms with Crippen LogP contribution in [0.5, 0.6) is 0 Å². The Bertz CT molecular complexity index is 447. The molecule has 1 aromatic rings.